The number of anilines is 1. The van der Waals surface area contributed by atoms with Crippen molar-refractivity contribution in [1.29, 1.82) is 0 Å². The fourth-order valence-electron chi connectivity index (χ4n) is 2.23. The van der Waals surface area contributed by atoms with Crippen molar-refractivity contribution >= 4 is 23.3 Å². The van der Waals surface area contributed by atoms with E-state index in [1.807, 2.05) is 6.92 Å². The van der Waals surface area contributed by atoms with E-state index in [1.54, 1.807) is 23.1 Å². The molecule has 110 valence electrons. The summed E-state index contributed by atoms with van der Waals surface area (Å²) in [6.45, 7) is 3.74. The zero-order chi connectivity index (χ0) is 14.5. The molecule has 1 aromatic rings. The van der Waals surface area contributed by atoms with Crippen molar-refractivity contribution in [3.8, 4) is 5.75 Å². The van der Waals surface area contributed by atoms with Crippen molar-refractivity contribution in [1.82, 2.24) is 4.90 Å². The van der Waals surface area contributed by atoms with Gasteiger partial charge in [0.15, 0.2) is 0 Å². The first kappa shape index (κ1) is 14.9. The monoisotopic (exact) mass is 298 g/mol. The maximum Gasteiger partial charge on any atom is 0.321 e. The third kappa shape index (κ3) is 3.55. The van der Waals surface area contributed by atoms with Crippen molar-refractivity contribution in [2.75, 3.05) is 31.6 Å². The maximum absolute atomic E-state index is 12.2. The predicted octanol–water partition coefficient (Wildman–Crippen LogP) is 2.58. The highest BCUT2D eigenvalue weighted by Crippen LogP contribution is 2.29. The number of nitrogens with zero attached hydrogens (tertiary/aromatic N) is 1. The lowest BCUT2D eigenvalue weighted by Gasteiger charge is -2.18. The third-order valence-corrected chi connectivity index (χ3v) is 3.55. The molecule has 0 spiro atoms. The fourth-order valence-corrected chi connectivity index (χ4v) is 2.40. The Morgan fingerprint density at radius 3 is 3.05 bits per heavy atom. The van der Waals surface area contributed by atoms with Gasteiger partial charge in [-0.2, -0.15) is 0 Å². The molecule has 1 saturated heterocycles. The van der Waals surface area contributed by atoms with Gasteiger partial charge in [0.05, 0.1) is 12.3 Å². The highest BCUT2D eigenvalue weighted by Gasteiger charge is 2.26. The van der Waals surface area contributed by atoms with E-state index in [1.165, 1.54) is 0 Å². The fraction of sp³-hybridized carbons (Fsp3) is 0.500. The van der Waals surface area contributed by atoms with E-state index >= 15 is 0 Å². The number of urea groups is 1. The zero-order valence-corrected chi connectivity index (χ0v) is 12.2. The van der Waals surface area contributed by atoms with Crippen LogP contribution in [0.25, 0.3) is 0 Å². The molecule has 1 fully saturated rings. The smallest absolute Gasteiger partial charge is 0.321 e. The quantitative estimate of drug-likeness (QED) is 0.898. The summed E-state index contributed by atoms with van der Waals surface area (Å²) >= 11 is 5.92. The van der Waals surface area contributed by atoms with Gasteiger partial charge in [0.1, 0.15) is 5.75 Å². The van der Waals surface area contributed by atoms with Crippen LogP contribution in [0.5, 0.6) is 5.75 Å². The summed E-state index contributed by atoms with van der Waals surface area (Å²) < 4.78 is 5.47. The molecule has 0 saturated carbocycles. The van der Waals surface area contributed by atoms with E-state index in [2.05, 4.69) is 5.32 Å². The number of hydrogen-bond acceptors (Lipinski definition) is 3. The number of carbonyl (C=O) groups excluding carboxylic acids is 1. The van der Waals surface area contributed by atoms with Crippen LogP contribution in [0.4, 0.5) is 10.5 Å². The second kappa shape index (κ2) is 6.81. The second-order valence-corrected chi connectivity index (χ2v) is 5.22. The van der Waals surface area contributed by atoms with Gasteiger partial charge < -0.3 is 20.1 Å². The van der Waals surface area contributed by atoms with Gasteiger partial charge in [-0.1, -0.05) is 11.6 Å². The van der Waals surface area contributed by atoms with Gasteiger partial charge in [-0.25, -0.2) is 4.79 Å². The van der Waals surface area contributed by atoms with Crippen molar-refractivity contribution in [3.05, 3.63) is 23.2 Å². The van der Waals surface area contributed by atoms with Crippen molar-refractivity contribution in [3.63, 3.8) is 0 Å². The highest BCUT2D eigenvalue weighted by atomic mass is 35.5. The van der Waals surface area contributed by atoms with E-state index in [0.717, 1.165) is 6.42 Å². The minimum atomic E-state index is -0.177. The number of halogens is 1. The van der Waals surface area contributed by atoms with Crippen LogP contribution in [0.1, 0.15) is 13.3 Å². The molecule has 0 radical (unpaired) electrons. The summed E-state index contributed by atoms with van der Waals surface area (Å²) in [4.78, 5) is 13.9. The van der Waals surface area contributed by atoms with Gasteiger partial charge in [-0.15, -0.1) is 0 Å². The molecule has 1 unspecified atom stereocenters. The molecule has 6 heteroatoms. The molecule has 0 aromatic heterocycles. The van der Waals surface area contributed by atoms with Gasteiger partial charge in [-0.3, -0.25) is 0 Å². The van der Waals surface area contributed by atoms with Gasteiger partial charge in [0.2, 0.25) is 0 Å². The molecule has 1 atom stereocenters. The van der Waals surface area contributed by atoms with Crippen LogP contribution < -0.4 is 10.1 Å². The Hall–Kier alpha value is -1.46. The Morgan fingerprint density at radius 2 is 2.40 bits per heavy atom. The first-order valence-corrected chi connectivity index (χ1v) is 7.11. The van der Waals surface area contributed by atoms with Crippen LogP contribution in [-0.4, -0.2) is 42.3 Å². The molecule has 1 aliphatic heterocycles. The lowest BCUT2D eigenvalue weighted by molar-refractivity contribution is 0.208. The van der Waals surface area contributed by atoms with Gasteiger partial charge in [0, 0.05) is 36.7 Å². The van der Waals surface area contributed by atoms with Gasteiger partial charge in [-0.05, 0) is 25.5 Å². The Bertz CT molecular complexity index is 481. The number of likely N-dealkylation sites (tertiary alicyclic amines) is 1. The number of aliphatic hydroxyl groups excluding tert-OH is 1. The molecular formula is C14H19ClN2O3. The van der Waals surface area contributed by atoms with Crippen LogP contribution in [0.2, 0.25) is 5.02 Å². The number of rotatable bonds is 4. The molecule has 5 nitrogen and oxygen atoms in total. The lowest BCUT2D eigenvalue weighted by atomic mass is 10.1. The molecule has 2 N–H and O–H groups in total. The molecule has 20 heavy (non-hydrogen) atoms. The van der Waals surface area contributed by atoms with Crippen LogP contribution >= 0.6 is 11.6 Å². The van der Waals surface area contributed by atoms with E-state index in [0.29, 0.717) is 36.2 Å². The van der Waals surface area contributed by atoms with E-state index < -0.39 is 0 Å². The second-order valence-electron chi connectivity index (χ2n) is 4.79. The summed E-state index contributed by atoms with van der Waals surface area (Å²) in [7, 11) is 0. The summed E-state index contributed by atoms with van der Waals surface area (Å²) in [5.74, 6) is 0.739. The zero-order valence-electron chi connectivity index (χ0n) is 11.4. The number of benzene rings is 1. The molecule has 1 heterocycles. The summed E-state index contributed by atoms with van der Waals surface area (Å²) in [5, 5.41) is 12.5. The standard InChI is InChI=1S/C14H19ClN2O3/c1-2-20-13-7-11(15)3-4-12(13)16-14(19)17-6-5-10(8-17)9-18/h3-4,7,10,18H,2,5-6,8-9H2,1H3,(H,16,19). The molecule has 0 aliphatic carbocycles. The van der Waals surface area contributed by atoms with E-state index in [9.17, 15) is 4.79 Å². The number of ether oxygens (including phenoxy) is 1. The summed E-state index contributed by atoms with van der Waals surface area (Å²) in [6.07, 6.45) is 0.836. The maximum atomic E-state index is 12.2. The number of amides is 2. The van der Waals surface area contributed by atoms with Crippen LogP contribution in [0, 0.1) is 5.92 Å². The SMILES string of the molecule is CCOc1cc(Cl)ccc1NC(=O)N1CCC(CO)C1. The largest absolute Gasteiger partial charge is 0.492 e. The number of nitrogens with one attached hydrogen (secondary N) is 1. The van der Waals surface area contributed by atoms with Crippen molar-refractivity contribution in [2.24, 2.45) is 5.92 Å². The molecule has 2 rings (SSSR count). The Balaban J connectivity index is 2.04. The minimum Gasteiger partial charge on any atom is -0.492 e. The molecule has 2 amide bonds. The first-order chi connectivity index (χ1) is 9.63. The Kier molecular flexibility index (Phi) is 5.09. The van der Waals surface area contributed by atoms with Gasteiger partial charge >= 0.3 is 6.03 Å². The topological polar surface area (TPSA) is 61.8 Å². The first-order valence-electron chi connectivity index (χ1n) is 6.73. The highest BCUT2D eigenvalue weighted by molar-refractivity contribution is 6.30. The number of carbonyl (C=O) groups is 1. The summed E-state index contributed by atoms with van der Waals surface area (Å²) in [5.41, 5.74) is 0.605. The number of aliphatic hydroxyl groups is 1. The Labute approximate surface area is 123 Å². The van der Waals surface area contributed by atoms with Crippen LogP contribution in [-0.2, 0) is 0 Å². The molecule has 1 aliphatic rings. The van der Waals surface area contributed by atoms with Crippen LogP contribution in [0.3, 0.4) is 0 Å². The summed E-state index contributed by atoms with van der Waals surface area (Å²) in [6, 6.07) is 4.94. The van der Waals surface area contributed by atoms with E-state index in [4.69, 9.17) is 21.4 Å². The molecule has 0 bridgehead atoms. The van der Waals surface area contributed by atoms with Crippen molar-refractivity contribution in [2.45, 2.75) is 13.3 Å². The Morgan fingerprint density at radius 1 is 1.60 bits per heavy atom. The molecular weight excluding hydrogens is 280 g/mol. The van der Waals surface area contributed by atoms with Crippen molar-refractivity contribution < 1.29 is 14.6 Å². The normalized spacial score (nSPS) is 18.1. The predicted molar refractivity (Wildman–Crippen MR) is 78.4 cm³/mol. The van der Waals surface area contributed by atoms with Gasteiger partial charge in [0.25, 0.3) is 0 Å². The van der Waals surface area contributed by atoms with E-state index in [-0.39, 0.29) is 18.6 Å². The average Bonchev–Trinajstić information content (AvgIpc) is 2.91. The number of hydrogen-bond donors (Lipinski definition) is 2. The minimum absolute atomic E-state index is 0.120. The molecule has 1 aromatic carbocycles. The average molecular weight is 299 g/mol. The van der Waals surface area contributed by atoms with Crippen LogP contribution in [0.15, 0.2) is 18.2 Å². The third-order valence-electron chi connectivity index (χ3n) is 3.32. The lowest BCUT2D eigenvalue weighted by Crippen LogP contribution is -2.33.